The highest BCUT2D eigenvalue weighted by molar-refractivity contribution is 5.97. The number of carbonyl (C=O) groups excluding carboxylic acids is 1. The quantitative estimate of drug-likeness (QED) is 0.565. The number of hydrogen-bond donors (Lipinski definition) is 2. The maximum absolute atomic E-state index is 10.7. The first kappa shape index (κ1) is 7.46. The van der Waals surface area contributed by atoms with E-state index in [-0.39, 0.29) is 11.4 Å². The number of nitrogens with zero attached hydrogens (tertiary/aromatic N) is 2. The van der Waals surface area contributed by atoms with Gasteiger partial charge in [0, 0.05) is 0 Å². The zero-order chi connectivity index (χ0) is 8.43. The van der Waals surface area contributed by atoms with Crippen LogP contribution in [-0.2, 0) is 0 Å². The van der Waals surface area contributed by atoms with Gasteiger partial charge in [-0.05, 0) is 6.92 Å². The van der Waals surface area contributed by atoms with Crippen LogP contribution in [-0.4, -0.2) is 15.9 Å². The normalized spacial score (nSPS) is 9.55. The molecule has 0 aliphatic heterocycles. The lowest BCUT2D eigenvalue weighted by Crippen LogP contribution is -2.16. The summed E-state index contributed by atoms with van der Waals surface area (Å²) in [5.74, 6) is -0.467. The average molecular weight is 152 g/mol. The number of nitrogens with two attached hydrogens (primary N) is 2. The van der Waals surface area contributed by atoms with Crippen LogP contribution < -0.4 is 11.5 Å². The Morgan fingerprint density at radius 2 is 2.18 bits per heavy atom. The largest absolute Gasteiger partial charge is 0.383 e. The maximum Gasteiger partial charge on any atom is 0.254 e. The highest BCUT2D eigenvalue weighted by Gasteiger charge is 2.09. The van der Waals surface area contributed by atoms with Crippen molar-refractivity contribution in [1.29, 1.82) is 0 Å². The minimum Gasteiger partial charge on any atom is -0.383 e. The van der Waals surface area contributed by atoms with Crippen molar-refractivity contribution in [2.24, 2.45) is 5.73 Å². The summed E-state index contributed by atoms with van der Waals surface area (Å²) in [5, 5.41) is 0. The van der Waals surface area contributed by atoms with E-state index in [0.29, 0.717) is 5.69 Å². The lowest BCUT2D eigenvalue weighted by molar-refractivity contribution is 0.1000. The summed E-state index contributed by atoms with van der Waals surface area (Å²) in [7, 11) is 0. The summed E-state index contributed by atoms with van der Waals surface area (Å²) in [5.41, 5.74) is 11.1. The van der Waals surface area contributed by atoms with E-state index in [2.05, 4.69) is 9.97 Å². The van der Waals surface area contributed by atoms with Crippen molar-refractivity contribution in [3.8, 4) is 0 Å². The van der Waals surface area contributed by atoms with Gasteiger partial charge in [0.15, 0.2) is 0 Å². The molecule has 0 aliphatic rings. The molecule has 5 heteroatoms. The van der Waals surface area contributed by atoms with Gasteiger partial charge >= 0.3 is 0 Å². The molecular formula is C6H8N4O. The number of carbonyl (C=O) groups is 1. The molecule has 0 aromatic carbocycles. The third kappa shape index (κ3) is 1.26. The van der Waals surface area contributed by atoms with Crippen molar-refractivity contribution in [2.75, 3.05) is 5.73 Å². The van der Waals surface area contributed by atoms with E-state index in [0.717, 1.165) is 0 Å². The third-order valence-corrected chi connectivity index (χ3v) is 1.31. The lowest BCUT2D eigenvalue weighted by atomic mass is 10.2. The minimum absolute atomic E-state index is 0.130. The highest BCUT2D eigenvalue weighted by Crippen LogP contribution is 2.08. The highest BCUT2D eigenvalue weighted by atomic mass is 16.1. The van der Waals surface area contributed by atoms with E-state index in [4.69, 9.17) is 11.5 Å². The van der Waals surface area contributed by atoms with Gasteiger partial charge in [-0.25, -0.2) is 9.97 Å². The van der Waals surface area contributed by atoms with Crippen LogP contribution in [0.25, 0.3) is 0 Å². The number of amides is 1. The second-order valence-electron chi connectivity index (χ2n) is 2.08. The summed E-state index contributed by atoms with van der Waals surface area (Å²) >= 11 is 0. The molecule has 58 valence electrons. The molecular weight excluding hydrogens is 144 g/mol. The Morgan fingerprint density at radius 1 is 1.55 bits per heavy atom. The summed E-state index contributed by atoms with van der Waals surface area (Å²) in [6.45, 7) is 1.65. The molecule has 0 spiro atoms. The number of anilines is 1. The minimum atomic E-state index is -0.597. The van der Waals surface area contributed by atoms with Crippen molar-refractivity contribution < 1.29 is 4.79 Å². The zero-order valence-corrected chi connectivity index (χ0v) is 6.03. The molecule has 5 nitrogen and oxygen atoms in total. The van der Waals surface area contributed by atoms with Gasteiger partial charge in [-0.3, -0.25) is 4.79 Å². The molecule has 1 amide bonds. The van der Waals surface area contributed by atoms with Crippen LogP contribution >= 0.6 is 0 Å². The van der Waals surface area contributed by atoms with Crippen LogP contribution in [0.15, 0.2) is 6.33 Å². The Balaban J connectivity index is 3.32. The molecule has 0 bridgehead atoms. The predicted octanol–water partition coefficient (Wildman–Crippen LogP) is -0.534. The molecule has 0 saturated carbocycles. The van der Waals surface area contributed by atoms with Gasteiger partial charge in [0.2, 0.25) is 0 Å². The number of nitrogen functional groups attached to an aromatic ring is 1. The molecule has 0 unspecified atom stereocenters. The number of primary amides is 1. The fourth-order valence-electron chi connectivity index (χ4n) is 0.797. The molecule has 11 heavy (non-hydrogen) atoms. The predicted molar refractivity (Wildman–Crippen MR) is 39.7 cm³/mol. The third-order valence-electron chi connectivity index (χ3n) is 1.31. The van der Waals surface area contributed by atoms with Crippen LogP contribution in [0.2, 0.25) is 0 Å². The molecule has 0 atom stereocenters. The Kier molecular flexibility index (Phi) is 1.72. The molecule has 1 heterocycles. The summed E-state index contributed by atoms with van der Waals surface area (Å²) in [6, 6.07) is 0. The van der Waals surface area contributed by atoms with Crippen LogP contribution in [0.5, 0.6) is 0 Å². The number of aromatic nitrogens is 2. The Morgan fingerprint density at radius 3 is 2.55 bits per heavy atom. The summed E-state index contributed by atoms with van der Waals surface area (Å²) < 4.78 is 0. The van der Waals surface area contributed by atoms with Gasteiger partial charge in [-0.2, -0.15) is 0 Å². The van der Waals surface area contributed by atoms with E-state index in [1.165, 1.54) is 6.33 Å². The number of hydrogen-bond acceptors (Lipinski definition) is 4. The second-order valence-corrected chi connectivity index (χ2v) is 2.08. The fraction of sp³-hybridized carbons (Fsp3) is 0.167. The van der Waals surface area contributed by atoms with Gasteiger partial charge < -0.3 is 11.5 Å². The van der Waals surface area contributed by atoms with E-state index < -0.39 is 5.91 Å². The Bertz CT molecular complexity index is 276. The first-order chi connectivity index (χ1) is 5.13. The fourth-order valence-corrected chi connectivity index (χ4v) is 0.797. The monoisotopic (exact) mass is 152 g/mol. The van der Waals surface area contributed by atoms with Gasteiger partial charge in [0.05, 0.1) is 5.69 Å². The lowest BCUT2D eigenvalue weighted by Gasteiger charge is -2.01. The maximum atomic E-state index is 10.7. The first-order valence-electron chi connectivity index (χ1n) is 3.00. The summed E-state index contributed by atoms with van der Waals surface area (Å²) in [6.07, 6.45) is 1.29. The SMILES string of the molecule is Cc1ncnc(N)c1C(N)=O. The van der Waals surface area contributed by atoms with Crippen molar-refractivity contribution >= 4 is 11.7 Å². The van der Waals surface area contributed by atoms with E-state index in [9.17, 15) is 4.79 Å². The molecule has 1 rings (SSSR count). The van der Waals surface area contributed by atoms with Gasteiger partial charge in [0.1, 0.15) is 17.7 Å². The van der Waals surface area contributed by atoms with Crippen molar-refractivity contribution in [3.63, 3.8) is 0 Å². The van der Waals surface area contributed by atoms with Crippen molar-refractivity contribution in [3.05, 3.63) is 17.6 Å². The van der Waals surface area contributed by atoms with E-state index >= 15 is 0 Å². The molecule has 0 fully saturated rings. The Labute approximate surface area is 63.4 Å². The zero-order valence-electron chi connectivity index (χ0n) is 6.03. The van der Waals surface area contributed by atoms with Crippen molar-refractivity contribution in [2.45, 2.75) is 6.92 Å². The van der Waals surface area contributed by atoms with Crippen LogP contribution in [0.4, 0.5) is 5.82 Å². The van der Waals surface area contributed by atoms with Crippen LogP contribution in [0.3, 0.4) is 0 Å². The standard InChI is InChI=1S/C6H8N4O/c1-3-4(6(8)11)5(7)10-2-9-3/h2H,1H3,(H2,8,11)(H2,7,9,10). The topological polar surface area (TPSA) is 94.9 Å². The molecule has 0 saturated heterocycles. The van der Waals surface area contributed by atoms with Crippen LogP contribution in [0.1, 0.15) is 16.1 Å². The van der Waals surface area contributed by atoms with Gasteiger partial charge in [-0.1, -0.05) is 0 Å². The molecule has 1 aromatic rings. The van der Waals surface area contributed by atoms with E-state index in [1.54, 1.807) is 6.92 Å². The molecule has 0 aliphatic carbocycles. The molecule has 4 N–H and O–H groups in total. The van der Waals surface area contributed by atoms with Crippen molar-refractivity contribution in [1.82, 2.24) is 9.97 Å². The smallest absolute Gasteiger partial charge is 0.254 e. The van der Waals surface area contributed by atoms with Gasteiger partial charge in [0.25, 0.3) is 5.91 Å². The molecule has 1 aromatic heterocycles. The van der Waals surface area contributed by atoms with Crippen LogP contribution in [0, 0.1) is 6.92 Å². The number of rotatable bonds is 1. The Hall–Kier alpha value is -1.65. The van der Waals surface area contributed by atoms with Gasteiger partial charge in [-0.15, -0.1) is 0 Å². The first-order valence-corrected chi connectivity index (χ1v) is 3.00. The molecule has 0 radical (unpaired) electrons. The summed E-state index contributed by atoms with van der Waals surface area (Å²) in [4.78, 5) is 18.1. The number of aryl methyl sites for hydroxylation is 1. The average Bonchev–Trinajstić information content (AvgIpc) is 1.85. The van der Waals surface area contributed by atoms with E-state index in [1.807, 2.05) is 0 Å². The second kappa shape index (κ2) is 2.53.